The van der Waals surface area contributed by atoms with Crippen molar-refractivity contribution in [1.29, 1.82) is 0 Å². The molecule has 8 heteroatoms. The van der Waals surface area contributed by atoms with Crippen LogP contribution in [0, 0.1) is 6.92 Å². The molecule has 0 aliphatic rings. The molecule has 0 radical (unpaired) electrons. The second kappa shape index (κ2) is 4.82. The molecular formula is C9H9F5N2O. The number of aryl methyl sites for hydroxylation is 1. The molecule has 0 aromatic carbocycles. The smallest absolute Gasteiger partial charge is 0.403 e. The Labute approximate surface area is 93.4 Å². The molecule has 0 spiro atoms. The molecule has 17 heavy (non-hydrogen) atoms. The van der Waals surface area contributed by atoms with Crippen molar-refractivity contribution in [2.45, 2.75) is 26.3 Å². The van der Waals surface area contributed by atoms with Crippen LogP contribution in [0.15, 0.2) is 6.07 Å². The predicted octanol–water partition coefficient (Wildman–Crippen LogP) is 2.68. The summed E-state index contributed by atoms with van der Waals surface area (Å²) in [6.07, 6.45) is -8.23. The van der Waals surface area contributed by atoms with Crippen LogP contribution in [0.5, 0.6) is 5.75 Å². The number of nitrogens with two attached hydrogens (primary N) is 1. The first-order valence-corrected chi connectivity index (χ1v) is 4.49. The third-order valence-corrected chi connectivity index (χ3v) is 1.85. The molecule has 96 valence electrons. The lowest BCUT2D eigenvalue weighted by Gasteiger charge is -2.16. The monoisotopic (exact) mass is 256 g/mol. The number of aromatic nitrogens is 1. The summed E-state index contributed by atoms with van der Waals surface area (Å²) in [6, 6.07) is 1.17. The fourth-order valence-corrected chi connectivity index (χ4v) is 1.29. The maximum Gasteiger partial charge on any atom is 0.573 e. The second-order valence-electron chi connectivity index (χ2n) is 3.19. The Hall–Kier alpha value is -1.44. The molecule has 3 nitrogen and oxygen atoms in total. The van der Waals surface area contributed by atoms with E-state index in [1.54, 1.807) is 0 Å². The fourth-order valence-electron chi connectivity index (χ4n) is 1.29. The summed E-state index contributed by atoms with van der Waals surface area (Å²) < 4.78 is 64.8. The highest BCUT2D eigenvalue weighted by atomic mass is 19.4. The van der Waals surface area contributed by atoms with Gasteiger partial charge in [0.15, 0.2) is 5.75 Å². The standard InChI is InChI=1S/C9H9F5N2O/c1-4-2-5(3-15)7(17-9(12,13)14)6(16-4)8(10)11/h2,8H,3,15H2,1H3. The summed E-state index contributed by atoms with van der Waals surface area (Å²) in [7, 11) is 0. The van der Waals surface area contributed by atoms with Crippen molar-refractivity contribution in [2.75, 3.05) is 0 Å². The van der Waals surface area contributed by atoms with E-state index in [-0.39, 0.29) is 17.8 Å². The Morgan fingerprint density at radius 3 is 2.41 bits per heavy atom. The van der Waals surface area contributed by atoms with Gasteiger partial charge in [-0.1, -0.05) is 0 Å². The predicted molar refractivity (Wildman–Crippen MR) is 48.5 cm³/mol. The van der Waals surface area contributed by atoms with Crippen LogP contribution in [-0.2, 0) is 6.54 Å². The highest BCUT2D eigenvalue weighted by Gasteiger charge is 2.35. The zero-order valence-corrected chi connectivity index (χ0v) is 8.68. The van der Waals surface area contributed by atoms with Gasteiger partial charge in [-0.2, -0.15) is 0 Å². The Balaban J connectivity index is 3.32. The van der Waals surface area contributed by atoms with Crippen molar-refractivity contribution in [1.82, 2.24) is 4.98 Å². The van der Waals surface area contributed by atoms with E-state index in [0.29, 0.717) is 0 Å². The van der Waals surface area contributed by atoms with Crippen molar-refractivity contribution in [3.05, 3.63) is 23.0 Å². The average Bonchev–Trinajstić information content (AvgIpc) is 2.17. The van der Waals surface area contributed by atoms with Crippen LogP contribution in [-0.4, -0.2) is 11.3 Å². The quantitative estimate of drug-likeness (QED) is 0.846. The minimum atomic E-state index is -5.06. The number of halogens is 5. The number of ether oxygens (including phenoxy) is 1. The molecule has 0 atom stereocenters. The van der Waals surface area contributed by atoms with Gasteiger partial charge in [-0.3, -0.25) is 0 Å². The van der Waals surface area contributed by atoms with Crippen LogP contribution in [0.3, 0.4) is 0 Å². The van der Waals surface area contributed by atoms with E-state index in [9.17, 15) is 22.0 Å². The molecule has 1 aromatic rings. The van der Waals surface area contributed by atoms with Crippen LogP contribution in [0.25, 0.3) is 0 Å². The van der Waals surface area contributed by atoms with Gasteiger partial charge >= 0.3 is 6.36 Å². The van der Waals surface area contributed by atoms with Gasteiger partial charge in [-0.25, -0.2) is 13.8 Å². The molecule has 0 saturated heterocycles. The summed E-state index contributed by atoms with van der Waals surface area (Å²) in [5.74, 6) is -1.01. The molecule has 0 fully saturated rings. The molecular weight excluding hydrogens is 247 g/mol. The first-order valence-electron chi connectivity index (χ1n) is 4.49. The van der Waals surface area contributed by atoms with Gasteiger partial charge in [-0.15, -0.1) is 13.2 Å². The lowest BCUT2D eigenvalue weighted by Crippen LogP contribution is -2.21. The van der Waals surface area contributed by atoms with Gasteiger partial charge in [0.25, 0.3) is 6.43 Å². The molecule has 0 aliphatic carbocycles. The van der Waals surface area contributed by atoms with Gasteiger partial charge in [0.2, 0.25) is 0 Å². The van der Waals surface area contributed by atoms with E-state index in [1.807, 2.05) is 0 Å². The van der Waals surface area contributed by atoms with E-state index in [2.05, 4.69) is 9.72 Å². The number of pyridine rings is 1. The molecule has 0 unspecified atom stereocenters. The molecule has 0 saturated carbocycles. The van der Waals surface area contributed by atoms with Crippen molar-refractivity contribution in [3.63, 3.8) is 0 Å². The first kappa shape index (κ1) is 13.6. The van der Waals surface area contributed by atoms with Crippen LogP contribution < -0.4 is 10.5 Å². The first-order chi connectivity index (χ1) is 7.74. The SMILES string of the molecule is Cc1cc(CN)c(OC(F)(F)F)c(C(F)F)n1. The number of rotatable bonds is 3. The van der Waals surface area contributed by atoms with Gasteiger partial charge in [0, 0.05) is 17.8 Å². The third kappa shape index (κ3) is 3.52. The zero-order chi connectivity index (χ0) is 13.2. The zero-order valence-electron chi connectivity index (χ0n) is 8.68. The van der Waals surface area contributed by atoms with Gasteiger partial charge in [-0.05, 0) is 13.0 Å². The molecule has 0 aliphatic heterocycles. The maximum atomic E-state index is 12.5. The van der Waals surface area contributed by atoms with E-state index in [4.69, 9.17) is 5.73 Å². The molecule has 1 aromatic heterocycles. The minimum absolute atomic E-state index is 0.148. The summed E-state index contributed by atoms with van der Waals surface area (Å²) in [4.78, 5) is 3.33. The van der Waals surface area contributed by atoms with E-state index < -0.39 is 24.2 Å². The molecule has 1 heterocycles. The largest absolute Gasteiger partial charge is 0.573 e. The third-order valence-electron chi connectivity index (χ3n) is 1.85. The Kier molecular flexibility index (Phi) is 3.87. The van der Waals surface area contributed by atoms with Gasteiger partial charge in [0.1, 0.15) is 5.69 Å². The summed E-state index contributed by atoms with van der Waals surface area (Å²) in [5.41, 5.74) is 4.12. The molecule has 0 amide bonds. The molecule has 1 rings (SSSR count). The number of alkyl halides is 5. The van der Waals surface area contributed by atoms with E-state index >= 15 is 0 Å². The highest BCUT2D eigenvalue weighted by Crippen LogP contribution is 2.34. The number of nitrogens with zero attached hydrogens (tertiary/aromatic N) is 1. The van der Waals surface area contributed by atoms with Crippen molar-refractivity contribution >= 4 is 0 Å². The van der Waals surface area contributed by atoms with Crippen LogP contribution in [0.2, 0.25) is 0 Å². The second-order valence-corrected chi connectivity index (χ2v) is 3.19. The topological polar surface area (TPSA) is 48.1 Å². The van der Waals surface area contributed by atoms with Crippen LogP contribution in [0.4, 0.5) is 22.0 Å². The van der Waals surface area contributed by atoms with Crippen molar-refractivity contribution < 1.29 is 26.7 Å². The summed E-state index contributed by atoms with van der Waals surface area (Å²) in [5, 5.41) is 0. The fraction of sp³-hybridized carbons (Fsp3) is 0.444. The Morgan fingerprint density at radius 1 is 1.41 bits per heavy atom. The number of hydrogen-bond donors (Lipinski definition) is 1. The Morgan fingerprint density at radius 2 is 2.00 bits per heavy atom. The highest BCUT2D eigenvalue weighted by molar-refractivity contribution is 5.39. The number of hydrogen-bond acceptors (Lipinski definition) is 3. The lowest BCUT2D eigenvalue weighted by molar-refractivity contribution is -0.275. The maximum absolute atomic E-state index is 12.5. The normalized spacial score (nSPS) is 12.0. The van der Waals surface area contributed by atoms with Crippen LogP contribution >= 0.6 is 0 Å². The molecule has 2 N–H and O–H groups in total. The lowest BCUT2D eigenvalue weighted by atomic mass is 10.1. The average molecular weight is 256 g/mol. The van der Waals surface area contributed by atoms with Crippen molar-refractivity contribution in [2.24, 2.45) is 5.73 Å². The van der Waals surface area contributed by atoms with Gasteiger partial charge in [0.05, 0.1) is 0 Å². The van der Waals surface area contributed by atoms with Gasteiger partial charge < -0.3 is 10.5 Å². The van der Waals surface area contributed by atoms with Crippen molar-refractivity contribution in [3.8, 4) is 5.75 Å². The van der Waals surface area contributed by atoms with E-state index in [0.717, 1.165) is 0 Å². The van der Waals surface area contributed by atoms with E-state index in [1.165, 1.54) is 13.0 Å². The van der Waals surface area contributed by atoms with Crippen LogP contribution in [0.1, 0.15) is 23.4 Å². The minimum Gasteiger partial charge on any atom is -0.403 e. The Bertz CT molecular complexity index is 405. The molecule has 0 bridgehead atoms. The summed E-state index contributed by atoms with van der Waals surface area (Å²) in [6.45, 7) is 1.02. The summed E-state index contributed by atoms with van der Waals surface area (Å²) >= 11 is 0.